The smallest absolute Gasteiger partial charge is 0.267 e. The molecule has 8 heteroatoms. The normalized spacial score (nSPS) is 13.8. The number of carbonyl (C=O) groups excluding carboxylic acids is 1. The van der Waals surface area contributed by atoms with Crippen LogP contribution in [0.3, 0.4) is 0 Å². The Hall–Kier alpha value is -3.68. The Kier molecular flexibility index (Phi) is 6.20. The zero-order valence-electron chi connectivity index (χ0n) is 18.2. The van der Waals surface area contributed by atoms with Gasteiger partial charge in [0.05, 0.1) is 0 Å². The van der Waals surface area contributed by atoms with Crippen molar-refractivity contribution in [2.75, 3.05) is 41.3 Å². The molecule has 1 aliphatic heterocycles. The van der Waals surface area contributed by atoms with E-state index in [1.165, 1.54) is 22.9 Å². The predicted molar refractivity (Wildman–Crippen MR) is 124 cm³/mol. The summed E-state index contributed by atoms with van der Waals surface area (Å²) >= 11 is 0. The SMILES string of the molecule is Cc1cc(C)cc(NC(=O)Cn2nc(N3CCN(c4ccc(F)cc4)CC3)ccc2=O)c1. The highest BCUT2D eigenvalue weighted by atomic mass is 19.1. The Labute approximate surface area is 186 Å². The van der Waals surface area contributed by atoms with Gasteiger partial charge in [0.2, 0.25) is 5.91 Å². The van der Waals surface area contributed by atoms with E-state index in [4.69, 9.17) is 0 Å². The maximum Gasteiger partial charge on any atom is 0.267 e. The largest absolute Gasteiger partial charge is 0.368 e. The highest BCUT2D eigenvalue weighted by Gasteiger charge is 2.19. The molecule has 1 N–H and O–H groups in total. The van der Waals surface area contributed by atoms with Gasteiger partial charge in [-0.2, -0.15) is 5.10 Å². The molecule has 7 nitrogen and oxygen atoms in total. The number of hydrogen-bond acceptors (Lipinski definition) is 5. The molecule has 0 radical (unpaired) electrons. The molecule has 166 valence electrons. The zero-order valence-corrected chi connectivity index (χ0v) is 18.2. The van der Waals surface area contributed by atoms with Gasteiger partial charge in [0.1, 0.15) is 18.2 Å². The lowest BCUT2D eigenvalue weighted by molar-refractivity contribution is -0.117. The van der Waals surface area contributed by atoms with Crippen molar-refractivity contribution in [3.63, 3.8) is 0 Å². The lowest BCUT2D eigenvalue weighted by Gasteiger charge is -2.36. The van der Waals surface area contributed by atoms with Crippen LogP contribution in [0.15, 0.2) is 59.4 Å². The van der Waals surface area contributed by atoms with E-state index in [-0.39, 0.29) is 23.8 Å². The van der Waals surface area contributed by atoms with Crippen LogP contribution < -0.4 is 20.7 Å². The maximum atomic E-state index is 13.2. The van der Waals surface area contributed by atoms with Gasteiger partial charge in [-0.1, -0.05) is 6.07 Å². The molecular formula is C24H26FN5O2. The van der Waals surface area contributed by atoms with E-state index in [1.54, 1.807) is 18.2 Å². The molecule has 0 bridgehead atoms. The van der Waals surface area contributed by atoms with E-state index in [2.05, 4.69) is 20.2 Å². The van der Waals surface area contributed by atoms with Gasteiger partial charge in [-0.25, -0.2) is 9.07 Å². The number of aryl methyl sites for hydroxylation is 2. The molecule has 0 saturated carbocycles. The van der Waals surface area contributed by atoms with Crippen molar-refractivity contribution in [3.8, 4) is 0 Å². The van der Waals surface area contributed by atoms with Crippen LogP contribution in [0.4, 0.5) is 21.6 Å². The number of nitrogens with zero attached hydrogens (tertiary/aromatic N) is 4. The number of aromatic nitrogens is 2. The minimum Gasteiger partial charge on any atom is -0.368 e. The first-order valence-electron chi connectivity index (χ1n) is 10.6. The van der Waals surface area contributed by atoms with Crippen LogP contribution in [-0.4, -0.2) is 41.9 Å². The molecule has 0 aliphatic carbocycles. The lowest BCUT2D eigenvalue weighted by Crippen LogP contribution is -2.47. The Bertz CT molecular complexity index is 1150. The molecule has 1 amide bonds. The predicted octanol–water partition coefficient (Wildman–Crippen LogP) is 2.96. The fourth-order valence-electron chi connectivity index (χ4n) is 3.95. The average molecular weight is 436 g/mol. The lowest BCUT2D eigenvalue weighted by atomic mass is 10.1. The summed E-state index contributed by atoms with van der Waals surface area (Å²) in [5.74, 6) is 0.103. The number of carbonyl (C=O) groups is 1. The number of benzene rings is 2. The number of amides is 1. The van der Waals surface area contributed by atoms with Gasteiger partial charge in [-0.05, 0) is 67.4 Å². The highest BCUT2D eigenvalue weighted by Crippen LogP contribution is 2.19. The van der Waals surface area contributed by atoms with Crippen molar-refractivity contribution in [2.24, 2.45) is 0 Å². The Balaban J connectivity index is 1.41. The minimum absolute atomic E-state index is 0.158. The fraction of sp³-hybridized carbons (Fsp3) is 0.292. The van der Waals surface area contributed by atoms with Crippen molar-refractivity contribution in [1.82, 2.24) is 9.78 Å². The number of rotatable bonds is 5. The molecule has 0 atom stereocenters. The monoisotopic (exact) mass is 435 g/mol. The molecule has 2 aromatic carbocycles. The Morgan fingerprint density at radius 3 is 2.22 bits per heavy atom. The summed E-state index contributed by atoms with van der Waals surface area (Å²) in [6.45, 7) is 6.69. The molecule has 32 heavy (non-hydrogen) atoms. The molecule has 4 rings (SSSR count). The molecular weight excluding hydrogens is 409 g/mol. The number of nitrogens with one attached hydrogen (secondary N) is 1. The third-order valence-electron chi connectivity index (χ3n) is 5.45. The quantitative estimate of drug-likeness (QED) is 0.667. The first-order chi connectivity index (χ1) is 15.4. The summed E-state index contributed by atoms with van der Waals surface area (Å²) in [6.07, 6.45) is 0. The van der Waals surface area contributed by atoms with Crippen LogP contribution in [0.25, 0.3) is 0 Å². The molecule has 1 aromatic heterocycles. The van der Waals surface area contributed by atoms with Gasteiger partial charge in [0, 0.05) is 43.6 Å². The zero-order chi connectivity index (χ0) is 22.7. The van der Waals surface area contributed by atoms with Gasteiger partial charge < -0.3 is 15.1 Å². The van der Waals surface area contributed by atoms with Gasteiger partial charge in [0.25, 0.3) is 5.56 Å². The first-order valence-corrected chi connectivity index (χ1v) is 10.6. The van der Waals surface area contributed by atoms with Crippen LogP contribution in [0.1, 0.15) is 11.1 Å². The second-order valence-electron chi connectivity index (χ2n) is 8.06. The second kappa shape index (κ2) is 9.21. The molecule has 3 aromatic rings. The van der Waals surface area contributed by atoms with E-state index >= 15 is 0 Å². The topological polar surface area (TPSA) is 70.5 Å². The molecule has 1 saturated heterocycles. The summed E-state index contributed by atoms with van der Waals surface area (Å²) in [5, 5.41) is 7.26. The van der Waals surface area contributed by atoms with Gasteiger partial charge in [-0.3, -0.25) is 9.59 Å². The van der Waals surface area contributed by atoms with Crippen LogP contribution in [0.5, 0.6) is 0 Å². The summed E-state index contributed by atoms with van der Waals surface area (Å²) in [5.41, 5.74) is 3.46. The number of hydrogen-bond donors (Lipinski definition) is 1. The Morgan fingerprint density at radius 2 is 1.56 bits per heavy atom. The van der Waals surface area contributed by atoms with Gasteiger partial charge >= 0.3 is 0 Å². The van der Waals surface area contributed by atoms with Crippen LogP contribution >= 0.6 is 0 Å². The number of halogens is 1. The van der Waals surface area contributed by atoms with Crippen molar-refractivity contribution in [1.29, 1.82) is 0 Å². The molecule has 2 heterocycles. The summed E-state index contributed by atoms with van der Waals surface area (Å²) in [7, 11) is 0. The molecule has 0 unspecified atom stereocenters. The van der Waals surface area contributed by atoms with Crippen molar-refractivity contribution in [3.05, 3.63) is 81.9 Å². The minimum atomic E-state index is -0.325. The maximum absolute atomic E-state index is 13.2. The van der Waals surface area contributed by atoms with Gasteiger partial charge in [0.15, 0.2) is 0 Å². The Morgan fingerprint density at radius 1 is 0.938 bits per heavy atom. The summed E-state index contributed by atoms with van der Waals surface area (Å²) in [6, 6.07) is 15.4. The van der Waals surface area contributed by atoms with E-state index in [9.17, 15) is 14.0 Å². The van der Waals surface area contributed by atoms with Crippen molar-refractivity contribution >= 4 is 23.1 Å². The first kappa shape index (κ1) is 21.5. The summed E-state index contributed by atoms with van der Waals surface area (Å²) in [4.78, 5) is 29.1. The third-order valence-corrected chi connectivity index (χ3v) is 5.45. The summed E-state index contributed by atoms with van der Waals surface area (Å²) < 4.78 is 14.4. The van der Waals surface area contributed by atoms with E-state index in [1.807, 2.05) is 32.0 Å². The van der Waals surface area contributed by atoms with E-state index in [0.717, 1.165) is 29.9 Å². The standard InChI is InChI=1S/C24H26FN5O2/c1-17-13-18(2)15-20(14-17)26-23(31)16-30-24(32)8-7-22(27-30)29-11-9-28(10-12-29)21-5-3-19(25)4-6-21/h3-8,13-15H,9-12,16H2,1-2H3,(H,26,31). The van der Waals surface area contributed by atoms with Gasteiger partial charge in [-0.15, -0.1) is 0 Å². The molecule has 1 aliphatic rings. The second-order valence-corrected chi connectivity index (χ2v) is 8.06. The van der Waals surface area contributed by atoms with Crippen molar-refractivity contribution < 1.29 is 9.18 Å². The number of piperazine rings is 1. The third kappa shape index (κ3) is 5.14. The van der Waals surface area contributed by atoms with Crippen LogP contribution in [0.2, 0.25) is 0 Å². The van der Waals surface area contributed by atoms with Crippen LogP contribution in [-0.2, 0) is 11.3 Å². The highest BCUT2D eigenvalue weighted by molar-refractivity contribution is 5.90. The van der Waals surface area contributed by atoms with E-state index in [0.29, 0.717) is 24.6 Å². The van der Waals surface area contributed by atoms with Crippen LogP contribution in [0, 0.1) is 19.7 Å². The molecule has 1 fully saturated rings. The number of anilines is 3. The molecule has 0 spiro atoms. The van der Waals surface area contributed by atoms with E-state index < -0.39 is 0 Å². The fourth-order valence-corrected chi connectivity index (χ4v) is 3.95. The van der Waals surface area contributed by atoms with Crippen molar-refractivity contribution in [2.45, 2.75) is 20.4 Å². The average Bonchev–Trinajstić information content (AvgIpc) is 2.75.